The predicted molar refractivity (Wildman–Crippen MR) is 70.8 cm³/mol. The van der Waals surface area contributed by atoms with Crippen LogP contribution in [-0.2, 0) is 6.42 Å². The van der Waals surface area contributed by atoms with E-state index < -0.39 is 0 Å². The fourth-order valence-corrected chi connectivity index (χ4v) is 3.59. The summed E-state index contributed by atoms with van der Waals surface area (Å²) >= 11 is 6.48. The van der Waals surface area contributed by atoms with E-state index in [9.17, 15) is 10.1 Å². The Morgan fingerprint density at radius 2 is 1.83 bits per heavy atom. The van der Waals surface area contributed by atoms with Crippen LogP contribution in [0.3, 0.4) is 0 Å². The highest BCUT2D eigenvalue weighted by molar-refractivity contribution is 6.21. The molecule has 3 nitrogen and oxygen atoms in total. The fraction of sp³-hybridized carbons (Fsp3) is 0.571. The number of nitrogens with zero attached hydrogens (tertiary/aromatic N) is 1. The summed E-state index contributed by atoms with van der Waals surface area (Å²) in [6.45, 7) is 0. The van der Waals surface area contributed by atoms with Gasteiger partial charge >= 0.3 is 0 Å². The van der Waals surface area contributed by atoms with Crippen LogP contribution in [0, 0.1) is 27.9 Å². The number of hydrogen-bond acceptors (Lipinski definition) is 2. The summed E-state index contributed by atoms with van der Waals surface area (Å²) in [6.07, 6.45) is 4.80. The fourth-order valence-electron chi connectivity index (χ4n) is 3.20. The number of non-ortho nitro benzene ring substituents is 1. The Morgan fingerprint density at radius 3 is 2.39 bits per heavy atom. The molecule has 2 fully saturated rings. The van der Waals surface area contributed by atoms with Crippen molar-refractivity contribution in [2.45, 2.75) is 31.1 Å². The molecule has 1 aromatic carbocycles. The molecule has 0 N–H and O–H groups in total. The predicted octanol–water partition coefficient (Wildman–Crippen LogP) is 3.79. The van der Waals surface area contributed by atoms with Crippen molar-refractivity contribution in [2.75, 3.05) is 0 Å². The number of fused-ring (bicyclic) bond motifs is 1. The lowest BCUT2D eigenvalue weighted by atomic mass is 9.94. The van der Waals surface area contributed by atoms with Crippen molar-refractivity contribution in [1.82, 2.24) is 0 Å². The average molecular weight is 266 g/mol. The third kappa shape index (κ3) is 2.37. The van der Waals surface area contributed by atoms with Crippen molar-refractivity contribution < 1.29 is 4.92 Å². The molecule has 3 rings (SSSR count). The van der Waals surface area contributed by atoms with Gasteiger partial charge < -0.3 is 0 Å². The smallest absolute Gasteiger partial charge is 0.258 e. The lowest BCUT2D eigenvalue weighted by Crippen LogP contribution is -2.16. The summed E-state index contributed by atoms with van der Waals surface area (Å²) in [5.41, 5.74) is 1.24. The average Bonchev–Trinajstić information content (AvgIpc) is 2.96. The molecule has 0 heterocycles. The topological polar surface area (TPSA) is 43.1 Å². The van der Waals surface area contributed by atoms with Gasteiger partial charge in [-0.15, -0.1) is 11.6 Å². The number of hydrogen-bond donors (Lipinski definition) is 0. The zero-order valence-electron chi connectivity index (χ0n) is 10.1. The Labute approximate surface area is 111 Å². The van der Waals surface area contributed by atoms with Gasteiger partial charge in [-0.3, -0.25) is 10.1 Å². The van der Waals surface area contributed by atoms with Crippen molar-refractivity contribution in [3.8, 4) is 0 Å². The highest BCUT2D eigenvalue weighted by Gasteiger charge is 2.47. The summed E-state index contributed by atoms with van der Waals surface area (Å²) in [6, 6.07) is 6.77. The minimum absolute atomic E-state index is 0.145. The van der Waals surface area contributed by atoms with Crippen molar-refractivity contribution >= 4 is 17.3 Å². The zero-order chi connectivity index (χ0) is 12.7. The largest absolute Gasteiger partial charge is 0.269 e. The van der Waals surface area contributed by atoms with E-state index >= 15 is 0 Å². The molecule has 0 spiro atoms. The van der Waals surface area contributed by atoms with Crippen LogP contribution in [0.4, 0.5) is 5.69 Å². The Hall–Kier alpha value is -1.09. The summed E-state index contributed by atoms with van der Waals surface area (Å²) in [5.74, 6) is 2.55. The first-order chi connectivity index (χ1) is 8.63. The van der Waals surface area contributed by atoms with Gasteiger partial charge in [-0.2, -0.15) is 0 Å². The van der Waals surface area contributed by atoms with E-state index in [1.807, 2.05) is 12.1 Å². The van der Waals surface area contributed by atoms with Gasteiger partial charge in [0.2, 0.25) is 0 Å². The molecule has 0 saturated heterocycles. The van der Waals surface area contributed by atoms with Crippen LogP contribution in [0.15, 0.2) is 24.3 Å². The molecule has 0 amide bonds. The quantitative estimate of drug-likeness (QED) is 0.472. The molecule has 96 valence electrons. The van der Waals surface area contributed by atoms with Crippen LogP contribution in [0.1, 0.15) is 24.8 Å². The first-order valence-electron chi connectivity index (χ1n) is 6.51. The van der Waals surface area contributed by atoms with E-state index in [2.05, 4.69) is 0 Å². The summed E-state index contributed by atoms with van der Waals surface area (Å²) in [4.78, 5) is 10.2. The van der Waals surface area contributed by atoms with Crippen molar-refractivity contribution in [3.05, 3.63) is 39.9 Å². The first kappa shape index (κ1) is 12.0. The molecular formula is C14H16ClNO2. The lowest BCUT2D eigenvalue weighted by Gasteiger charge is -2.18. The van der Waals surface area contributed by atoms with Crippen LogP contribution in [0.25, 0.3) is 0 Å². The first-order valence-corrected chi connectivity index (χ1v) is 6.94. The molecule has 0 radical (unpaired) electrons. The molecule has 18 heavy (non-hydrogen) atoms. The van der Waals surface area contributed by atoms with Crippen molar-refractivity contribution in [1.29, 1.82) is 0 Å². The highest BCUT2D eigenvalue weighted by atomic mass is 35.5. The summed E-state index contributed by atoms with van der Waals surface area (Å²) < 4.78 is 0. The van der Waals surface area contributed by atoms with Gasteiger partial charge in [0.1, 0.15) is 0 Å². The third-order valence-corrected chi connectivity index (χ3v) is 4.88. The highest BCUT2D eigenvalue weighted by Crippen LogP contribution is 2.56. The molecule has 3 atom stereocenters. The van der Waals surface area contributed by atoms with E-state index in [-0.39, 0.29) is 16.0 Å². The van der Waals surface area contributed by atoms with Gasteiger partial charge in [-0.25, -0.2) is 0 Å². The number of benzene rings is 1. The van der Waals surface area contributed by atoms with Crippen LogP contribution in [-0.4, -0.2) is 10.3 Å². The normalized spacial score (nSPS) is 30.8. The van der Waals surface area contributed by atoms with Gasteiger partial charge in [0.15, 0.2) is 0 Å². The summed E-state index contributed by atoms with van der Waals surface area (Å²) in [7, 11) is 0. The van der Waals surface area contributed by atoms with Gasteiger partial charge in [-0.1, -0.05) is 12.1 Å². The second-order valence-electron chi connectivity index (χ2n) is 5.63. The van der Waals surface area contributed by atoms with Gasteiger partial charge in [-0.05, 0) is 49.0 Å². The monoisotopic (exact) mass is 265 g/mol. The van der Waals surface area contributed by atoms with Crippen LogP contribution < -0.4 is 0 Å². The van der Waals surface area contributed by atoms with Crippen LogP contribution in [0.2, 0.25) is 0 Å². The van der Waals surface area contributed by atoms with Crippen LogP contribution >= 0.6 is 11.6 Å². The van der Waals surface area contributed by atoms with Gasteiger partial charge in [0.25, 0.3) is 5.69 Å². The molecule has 2 aliphatic rings. The number of rotatable bonds is 4. The molecule has 0 aliphatic heterocycles. The number of nitro groups is 1. The standard InChI is InChI=1S/C14H16ClNO2/c15-14(12-7-10-6-11(10)8-12)5-9-1-3-13(4-2-9)16(17)18/h1-4,10-12,14H,5-8H2. The summed E-state index contributed by atoms with van der Waals surface area (Å²) in [5, 5.41) is 10.7. The molecule has 0 bridgehead atoms. The second-order valence-corrected chi connectivity index (χ2v) is 6.19. The van der Waals surface area contributed by atoms with E-state index in [4.69, 9.17) is 11.6 Å². The van der Waals surface area contributed by atoms with Gasteiger partial charge in [0.05, 0.1) is 4.92 Å². The Kier molecular flexibility index (Phi) is 3.02. The lowest BCUT2D eigenvalue weighted by molar-refractivity contribution is -0.384. The maximum Gasteiger partial charge on any atom is 0.269 e. The van der Waals surface area contributed by atoms with E-state index in [1.165, 1.54) is 19.3 Å². The second kappa shape index (κ2) is 4.54. The number of halogens is 1. The van der Waals surface area contributed by atoms with E-state index in [0.29, 0.717) is 5.92 Å². The van der Waals surface area contributed by atoms with Crippen molar-refractivity contribution in [2.24, 2.45) is 17.8 Å². The molecule has 2 saturated carbocycles. The molecule has 3 unspecified atom stereocenters. The van der Waals surface area contributed by atoms with Gasteiger partial charge in [0, 0.05) is 17.5 Å². The molecular weight excluding hydrogens is 250 g/mol. The maximum atomic E-state index is 10.6. The Balaban J connectivity index is 1.59. The zero-order valence-corrected chi connectivity index (χ0v) is 10.8. The molecule has 4 heteroatoms. The SMILES string of the molecule is O=[N+]([O-])c1ccc(CC(Cl)C2CC3CC3C2)cc1. The third-order valence-electron chi connectivity index (χ3n) is 4.37. The number of nitro benzene ring substituents is 1. The van der Waals surface area contributed by atoms with Crippen molar-refractivity contribution in [3.63, 3.8) is 0 Å². The maximum absolute atomic E-state index is 10.6. The molecule has 2 aliphatic carbocycles. The number of alkyl halides is 1. The van der Waals surface area contributed by atoms with Crippen LogP contribution in [0.5, 0.6) is 0 Å². The minimum Gasteiger partial charge on any atom is -0.258 e. The molecule has 1 aromatic rings. The molecule has 0 aromatic heterocycles. The Bertz CT molecular complexity index is 449. The van der Waals surface area contributed by atoms with E-state index in [1.54, 1.807) is 12.1 Å². The van der Waals surface area contributed by atoms with E-state index in [0.717, 1.165) is 23.8 Å². The minimum atomic E-state index is -0.369. The Morgan fingerprint density at radius 1 is 1.22 bits per heavy atom.